The Morgan fingerprint density at radius 1 is 1.48 bits per heavy atom. The van der Waals surface area contributed by atoms with Gasteiger partial charge in [0.25, 0.3) is 0 Å². The Labute approximate surface area is 126 Å². The van der Waals surface area contributed by atoms with Gasteiger partial charge in [-0.15, -0.1) is 0 Å². The zero-order chi connectivity index (χ0) is 15.3. The van der Waals surface area contributed by atoms with Gasteiger partial charge >= 0.3 is 5.97 Å². The SMILES string of the molecule is CCOC(=O)C1=C[C@H]2[C@@H](CC3CCCC[C@@]32O)C(C)(C)O1. The quantitative estimate of drug-likeness (QED) is 0.796. The topological polar surface area (TPSA) is 55.8 Å². The Balaban J connectivity index is 1.95. The summed E-state index contributed by atoms with van der Waals surface area (Å²) in [5.41, 5.74) is -1.10. The largest absolute Gasteiger partial charge is 0.480 e. The highest BCUT2D eigenvalue weighted by atomic mass is 16.6. The molecule has 4 nitrogen and oxygen atoms in total. The fraction of sp³-hybridized carbons (Fsp3) is 0.824. The number of rotatable bonds is 2. The highest BCUT2D eigenvalue weighted by Crippen LogP contribution is 2.58. The maximum absolute atomic E-state index is 12.0. The zero-order valence-corrected chi connectivity index (χ0v) is 13.2. The summed E-state index contributed by atoms with van der Waals surface area (Å²) in [6.07, 6.45) is 7.02. The minimum absolute atomic E-state index is 0.00551. The van der Waals surface area contributed by atoms with Crippen LogP contribution in [-0.4, -0.2) is 28.9 Å². The molecule has 0 aromatic heterocycles. The standard InChI is InChI=1S/C17H26O4/c1-4-20-15(18)14-10-13-12(16(2,3)21-14)9-11-7-5-6-8-17(11,13)19/h10-13,19H,4-9H2,1-3H3/t11?,12-,13+,17-/m1/s1. The Morgan fingerprint density at radius 2 is 2.24 bits per heavy atom. The molecule has 1 unspecified atom stereocenters. The number of carbonyl (C=O) groups excluding carboxylic acids is 1. The number of hydrogen-bond acceptors (Lipinski definition) is 4. The van der Waals surface area contributed by atoms with Gasteiger partial charge < -0.3 is 14.6 Å². The first-order chi connectivity index (χ1) is 9.88. The van der Waals surface area contributed by atoms with Crippen LogP contribution in [0.1, 0.15) is 52.9 Å². The monoisotopic (exact) mass is 294 g/mol. The molecule has 1 aliphatic heterocycles. The minimum Gasteiger partial charge on any atom is -0.480 e. The molecule has 0 aromatic rings. The molecule has 3 rings (SSSR count). The van der Waals surface area contributed by atoms with Gasteiger partial charge in [0.05, 0.1) is 12.2 Å². The van der Waals surface area contributed by atoms with Crippen LogP contribution in [0.2, 0.25) is 0 Å². The molecule has 3 aliphatic rings. The van der Waals surface area contributed by atoms with E-state index in [0.717, 1.165) is 25.7 Å². The predicted molar refractivity (Wildman–Crippen MR) is 78.4 cm³/mol. The normalized spacial score (nSPS) is 40.6. The molecule has 4 atom stereocenters. The first-order valence-electron chi connectivity index (χ1n) is 8.19. The van der Waals surface area contributed by atoms with Gasteiger partial charge in [-0.05, 0) is 52.0 Å². The Kier molecular flexibility index (Phi) is 3.55. The molecule has 0 aromatic carbocycles. The first kappa shape index (κ1) is 14.9. The molecule has 0 bridgehead atoms. The smallest absolute Gasteiger partial charge is 0.373 e. The van der Waals surface area contributed by atoms with Crippen molar-refractivity contribution in [3.63, 3.8) is 0 Å². The van der Waals surface area contributed by atoms with Gasteiger partial charge in [-0.25, -0.2) is 4.79 Å². The van der Waals surface area contributed by atoms with E-state index in [1.165, 1.54) is 6.42 Å². The second-order valence-electron chi connectivity index (χ2n) is 7.26. The Morgan fingerprint density at radius 3 is 2.95 bits per heavy atom. The van der Waals surface area contributed by atoms with Crippen LogP contribution >= 0.6 is 0 Å². The summed E-state index contributed by atoms with van der Waals surface area (Å²) in [4.78, 5) is 12.0. The summed E-state index contributed by atoms with van der Waals surface area (Å²) in [5.74, 6) is 0.478. The fourth-order valence-corrected chi connectivity index (χ4v) is 4.66. The minimum atomic E-state index is -0.665. The molecule has 1 heterocycles. The van der Waals surface area contributed by atoms with E-state index in [0.29, 0.717) is 12.5 Å². The molecule has 1 N–H and O–H groups in total. The van der Waals surface area contributed by atoms with Crippen molar-refractivity contribution in [3.8, 4) is 0 Å². The van der Waals surface area contributed by atoms with Crippen LogP contribution in [0, 0.1) is 17.8 Å². The predicted octanol–water partition coefficient (Wildman–Crippen LogP) is 2.80. The summed E-state index contributed by atoms with van der Waals surface area (Å²) in [6, 6.07) is 0. The summed E-state index contributed by atoms with van der Waals surface area (Å²) in [5, 5.41) is 11.2. The van der Waals surface area contributed by atoms with Crippen molar-refractivity contribution < 1.29 is 19.4 Å². The van der Waals surface area contributed by atoms with Crippen molar-refractivity contribution >= 4 is 5.97 Å². The highest BCUT2D eigenvalue weighted by Gasteiger charge is 2.60. The van der Waals surface area contributed by atoms with Crippen molar-refractivity contribution in [2.24, 2.45) is 17.8 Å². The van der Waals surface area contributed by atoms with Crippen molar-refractivity contribution in [3.05, 3.63) is 11.8 Å². The van der Waals surface area contributed by atoms with E-state index >= 15 is 0 Å². The summed E-state index contributed by atoms with van der Waals surface area (Å²) in [7, 11) is 0. The maximum Gasteiger partial charge on any atom is 0.373 e. The summed E-state index contributed by atoms with van der Waals surface area (Å²) >= 11 is 0. The van der Waals surface area contributed by atoms with Crippen LogP contribution in [0.4, 0.5) is 0 Å². The van der Waals surface area contributed by atoms with Gasteiger partial charge in [0.15, 0.2) is 0 Å². The maximum atomic E-state index is 12.0. The van der Waals surface area contributed by atoms with Crippen LogP contribution in [0.15, 0.2) is 11.8 Å². The third-order valence-electron chi connectivity index (χ3n) is 5.71. The lowest BCUT2D eigenvalue weighted by Crippen LogP contribution is -2.48. The van der Waals surface area contributed by atoms with Crippen molar-refractivity contribution in [1.29, 1.82) is 0 Å². The molecule has 0 spiro atoms. The summed E-state index contributed by atoms with van der Waals surface area (Å²) in [6.45, 7) is 6.17. The fourth-order valence-electron chi connectivity index (χ4n) is 4.66. The van der Waals surface area contributed by atoms with Crippen molar-refractivity contribution in [1.82, 2.24) is 0 Å². The van der Waals surface area contributed by atoms with Gasteiger partial charge in [0, 0.05) is 11.8 Å². The third kappa shape index (κ3) is 2.28. The molecule has 4 heteroatoms. The molecular weight excluding hydrogens is 268 g/mol. The first-order valence-corrected chi connectivity index (χ1v) is 8.19. The highest BCUT2D eigenvalue weighted by molar-refractivity contribution is 5.86. The number of aliphatic hydroxyl groups is 1. The number of fused-ring (bicyclic) bond motifs is 3. The number of carbonyl (C=O) groups is 1. The van der Waals surface area contributed by atoms with E-state index < -0.39 is 17.2 Å². The Hall–Kier alpha value is -1.03. The van der Waals surface area contributed by atoms with Crippen molar-refractivity contribution in [2.75, 3.05) is 6.61 Å². The van der Waals surface area contributed by atoms with Crippen LogP contribution in [-0.2, 0) is 14.3 Å². The molecule has 118 valence electrons. The number of ether oxygens (including phenoxy) is 2. The third-order valence-corrected chi connectivity index (χ3v) is 5.71. The number of hydrogen-bond donors (Lipinski definition) is 1. The second kappa shape index (κ2) is 5.01. The summed E-state index contributed by atoms with van der Waals surface area (Å²) < 4.78 is 11.0. The molecule has 0 radical (unpaired) electrons. The lowest BCUT2D eigenvalue weighted by molar-refractivity contribution is -0.151. The molecule has 0 amide bonds. The molecule has 2 aliphatic carbocycles. The van der Waals surface area contributed by atoms with Crippen molar-refractivity contribution in [2.45, 2.75) is 64.1 Å². The molecule has 2 fully saturated rings. The molecule has 2 saturated carbocycles. The van der Waals surface area contributed by atoms with E-state index in [4.69, 9.17) is 9.47 Å². The lowest BCUT2D eigenvalue weighted by Gasteiger charge is -2.44. The van der Waals surface area contributed by atoms with Gasteiger partial charge in [-0.2, -0.15) is 0 Å². The van der Waals surface area contributed by atoms with Crippen LogP contribution in [0.25, 0.3) is 0 Å². The van der Waals surface area contributed by atoms with Crippen LogP contribution in [0.3, 0.4) is 0 Å². The molecule has 21 heavy (non-hydrogen) atoms. The van der Waals surface area contributed by atoms with Gasteiger partial charge in [-0.3, -0.25) is 0 Å². The van der Waals surface area contributed by atoms with Crippen LogP contribution < -0.4 is 0 Å². The van der Waals surface area contributed by atoms with E-state index in [1.54, 1.807) is 6.92 Å². The van der Waals surface area contributed by atoms with Gasteiger partial charge in [0.2, 0.25) is 5.76 Å². The zero-order valence-electron chi connectivity index (χ0n) is 13.2. The Bertz CT molecular complexity index is 467. The van der Waals surface area contributed by atoms with Gasteiger partial charge in [0.1, 0.15) is 5.60 Å². The van der Waals surface area contributed by atoms with E-state index in [-0.39, 0.29) is 17.6 Å². The van der Waals surface area contributed by atoms with E-state index in [2.05, 4.69) is 0 Å². The van der Waals surface area contributed by atoms with Crippen LogP contribution in [0.5, 0.6) is 0 Å². The molecule has 0 saturated heterocycles. The van der Waals surface area contributed by atoms with E-state index in [1.807, 2.05) is 19.9 Å². The average molecular weight is 294 g/mol. The average Bonchev–Trinajstić information content (AvgIpc) is 2.72. The molecular formula is C17H26O4. The number of esters is 1. The van der Waals surface area contributed by atoms with Gasteiger partial charge in [-0.1, -0.05) is 12.8 Å². The van der Waals surface area contributed by atoms with E-state index in [9.17, 15) is 9.90 Å². The lowest BCUT2D eigenvalue weighted by atomic mass is 9.71. The second-order valence-corrected chi connectivity index (χ2v) is 7.26.